The van der Waals surface area contributed by atoms with Crippen LogP contribution < -0.4 is 5.32 Å². The van der Waals surface area contributed by atoms with E-state index in [4.69, 9.17) is 9.84 Å². The van der Waals surface area contributed by atoms with Gasteiger partial charge in [-0.1, -0.05) is 30.3 Å². The van der Waals surface area contributed by atoms with Crippen LogP contribution in [0, 0.1) is 0 Å². The summed E-state index contributed by atoms with van der Waals surface area (Å²) in [5.74, 6) is -1.27. The maximum Gasteiger partial charge on any atom is 0.345 e. The zero-order valence-electron chi connectivity index (χ0n) is 15.0. The van der Waals surface area contributed by atoms with Gasteiger partial charge in [0.2, 0.25) is 0 Å². The first-order valence-electron chi connectivity index (χ1n) is 8.39. The van der Waals surface area contributed by atoms with Crippen molar-refractivity contribution in [2.24, 2.45) is 0 Å². The number of carboxylic acids is 1. The number of aromatic carboxylic acids is 1. The third-order valence-corrected chi connectivity index (χ3v) is 4.79. The van der Waals surface area contributed by atoms with Gasteiger partial charge in [0.15, 0.2) is 0 Å². The number of benzene rings is 1. The van der Waals surface area contributed by atoms with Gasteiger partial charge < -0.3 is 14.7 Å². The van der Waals surface area contributed by atoms with Crippen LogP contribution in [0.3, 0.4) is 0 Å². The van der Waals surface area contributed by atoms with Gasteiger partial charge in [0.25, 0.3) is 0 Å². The smallest absolute Gasteiger partial charge is 0.345 e. The van der Waals surface area contributed by atoms with E-state index in [2.05, 4.69) is 5.32 Å². The summed E-state index contributed by atoms with van der Waals surface area (Å²) in [6.07, 6.45) is 0.771. The number of thiophene rings is 1. The summed E-state index contributed by atoms with van der Waals surface area (Å²) in [4.78, 5) is 26.7. The minimum absolute atomic E-state index is 0.282. The van der Waals surface area contributed by atoms with Gasteiger partial charge in [-0.2, -0.15) is 0 Å². The number of ether oxygens (including phenoxy) is 1. The Balaban J connectivity index is 1.99. The van der Waals surface area contributed by atoms with Crippen molar-refractivity contribution in [1.29, 1.82) is 0 Å². The molecule has 140 valence electrons. The number of nitrogens with zero attached hydrogens (tertiary/aromatic N) is 1. The average molecular weight is 376 g/mol. The molecule has 0 aliphatic heterocycles. The highest BCUT2D eigenvalue weighted by molar-refractivity contribution is 7.13. The minimum Gasteiger partial charge on any atom is -0.477 e. The molecule has 2 aromatic rings. The van der Waals surface area contributed by atoms with Crippen molar-refractivity contribution in [2.45, 2.75) is 19.0 Å². The second-order valence-electron chi connectivity index (χ2n) is 6.12. The van der Waals surface area contributed by atoms with Gasteiger partial charge in [0.05, 0.1) is 6.61 Å². The molecular weight excluding hydrogens is 352 g/mol. The lowest BCUT2D eigenvalue weighted by atomic mass is 10.1. The first-order chi connectivity index (χ1) is 12.5. The molecular formula is C19H24N2O4S. The molecule has 0 saturated carbocycles. The highest BCUT2D eigenvalue weighted by atomic mass is 32.1. The highest BCUT2D eigenvalue weighted by Crippen LogP contribution is 2.19. The molecule has 0 saturated heterocycles. The molecule has 0 fully saturated rings. The van der Waals surface area contributed by atoms with Crippen molar-refractivity contribution >= 4 is 23.3 Å². The van der Waals surface area contributed by atoms with Crippen LogP contribution in [0.2, 0.25) is 0 Å². The molecule has 1 heterocycles. The Labute approximate surface area is 157 Å². The second kappa shape index (κ2) is 10.1. The third kappa shape index (κ3) is 6.25. The Morgan fingerprint density at radius 2 is 1.92 bits per heavy atom. The van der Waals surface area contributed by atoms with Crippen LogP contribution in [-0.2, 0) is 16.1 Å². The topological polar surface area (TPSA) is 78.9 Å². The molecule has 6 nitrogen and oxygen atoms in total. The van der Waals surface area contributed by atoms with Crippen LogP contribution in [0.4, 0.5) is 0 Å². The van der Waals surface area contributed by atoms with E-state index >= 15 is 0 Å². The Morgan fingerprint density at radius 3 is 2.54 bits per heavy atom. The lowest BCUT2D eigenvalue weighted by molar-refractivity contribution is -0.146. The van der Waals surface area contributed by atoms with Gasteiger partial charge in [0.1, 0.15) is 10.9 Å². The summed E-state index contributed by atoms with van der Waals surface area (Å²) >= 11 is 1.19. The molecule has 2 rings (SSSR count). The van der Waals surface area contributed by atoms with Gasteiger partial charge >= 0.3 is 11.9 Å². The summed E-state index contributed by atoms with van der Waals surface area (Å²) in [6, 6.07) is 12.1. The van der Waals surface area contributed by atoms with Crippen molar-refractivity contribution in [3.8, 4) is 0 Å². The fraction of sp³-hybridized carbons (Fsp3) is 0.368. The molecule has 0 bridgehead atoms. The fourth-order valence-corrected chi connectivity index (χ4v) is 3.21. The van der Waals surface area contributed by atoms with Crippen LogP contribution in [0.5, 0.6) is 0 Å². The lowest BCUT2D eigenvalue weighted by Gasteiger charge is -2.18. The molecule has 1 atom stereocenters. The van der Waals surface area contributed by atoms with Gasteiger partial charge in [-0.15, -0.1) is 11.3 Å². The monoisotopic (exact) mass is 376 g/mol. The van der Waals surface area contributed by atoms with Crippen LogP contribution >= 0.6 is 11.3 Å². The maximum absolute atomic E-state index is 12.5. The molecule has 7 heteroatoms. The predicted octanol–water partition coefficient (Wildman–Crippen LogP) is 2.77. The van der Waals surface area contributed by atoms with Gasteiger partial charge in [-0.05, 0) is 38.2 Å². The van der Waals surface area contributed by atoms with Crippen molar-refractivity contribution in [3.05, 3.63) is 57.8 Å². The fourth-order valence-electron chi connectivity index (χ4n) is 2.41. The molecule has 1 aromatic heterocycles. The number of carbonyl (C=O) groups excluding carboxylic acids is 1. The summed E-state index contributed by atoms with van der Waals surface area (Å²) < 4.78 is 5.42. The van der Waals surface area contributed by atoms with E-state index in [1.165, 1.54) is 11.3 Å². The average Bonchev–Trinajstić information content (AvgIpc) is 3.09. The van der Waals surface area contributed by atoms with Gasteiger partial charge in [-0.3, -0.25) is 5.32 Å². The molecule has 0 aliphatic carbocycles. The van der Waals surface area contributed by atoms with Crippen LogP contribution in [-0.4, -0.2) is 49.2 Å². The van der Waals surface area contributed by atoms with Gasteiger partial charge in [0, 0.05) is 18.0 Å². The number of hydrogen-bond donors (Lipinski definition) is 2. The Kier molecular flexibility index (Phi) is 7.77. The first-order valence-corrected chi connectivity index (χ1v) is 9.20. The summed E-state index contributed by atoms with van der Waals surface area (Å²) in [6.45, 7) is 1.61. The second-order valence-corrected chi connectivity index (χ2v) is 7.29. The summed E-state index contributed by atoms with van der Waals surface area (Å²) in [7, 11) is 3.95. The SMILES string of the molecule is CN(C)CCCOC(=O)C(NCc1ccc(C(=O)O)s1)c1ccccc1. The molecule has 0 spiro atoms. The van der Waals surface area contributed by atoms with E-state index in [0.717, 1.165) is 23.4 Å². The third-order valence-electron chi connectivity index (χ3n) is 3.72. The molecule has 1 aromatic carbocycles. The number of carbonyl (C=O) groups is 2. The Hall–Kier alpha value is -2.22. The summed E-state index contributed by atoms with van der Waals surface area (Å²) in [5, 5.41) is 12.2. The van der Waals surface area contributed by atoms with E-state index in [1.807, 2.05) is 49.3 Å². The van der Waals surface area contributed by atoms with E-state index in [1.54, 1.807) is 12.1 Å². The van der Waals surface area contributed by atoms with E-state index in [-0.39, 0.29) is 10.8 Å². The first kappa shape index (κ1) is 20.1. The number of carboxylic acid groups (broad SMARTS) is 1. The largest absolute Gasteiger partial charge is 0.477 e. The standard InChI is InChI=1S/C19H24N2O4S/c1-21(2)11-6-12-25-19(24)17(14-7-4-3-5-8-14)20-13-15-9-10-16(26-15)18(22)23/h3-5,7-10,17,20H,6,11-13H2,1-2H3,(H,22,23). The zero-order chi connectivity index (χ0) is 18.9. The number of esters is 1. The molecule has 0 amide bonds. The van der Waals surface area contributed by atoms with Crippen LogP contribution in [0.25, 0.3) is 0 Å². The number of hydrogen-bond acceptors (Lipinski definition) is 6. The van der Waals surface area contributed by atoms with E-state index < -0.39 is 12.0 Å². The number of nitrogens with one attached hydrogen (secondary N) is 1. The summed E-state index contributed by atoms with van der Waals surface area (Å²) in [5.41, 5.74) is 0.820. The zero-order valence-corrected chi connectivity index (χ0v) is 15.8. The highest BCUT2D eigenvalue weighted by Gasteiger charge is 2.22. The van der Waals surface area contributed by atoms with Crippen molar-refractivity contribution in [1.82, 2.24) is 10.2 Å². The maximum atomic E-state index is 12.5. The quantitative estimate of drug-likeness (QED) is 0.490. The molecule has 0 aliphatic rings. The predicted molar refractivity (Wildman–Crippen MR) is 101 cm³/mol. The molecule has 26 heavy (non-hydrogen) atoms. The van der Waals surface area contributed by atoms with Crippen LogP contribution in [0.15, 0.2) is 42.5 Å². The molecule has 2 N–H and O–H groups in total. The Bertz CT molecular complexity index is 715. The van der Waals surface area contributed by atoms with Crippen LogP contribution in [0.1, 0.15) is 32.6 Å². The van der Waals surface area contributed by atoms with E-state index in [0.29, 0.717) is 13.2 Å². The van der Waals surface area contributed by atoms with Crippen molar-refractivity contribution in [3.63, 3.8) is 0 Å². The van der Waals surface area contributed by atoms with E-state index in [9.17, 15) is 9.59 Å². The Morgan fingerprint density at radius 1 is 1.19 bits per heavy atom. The normalized spacial score (nSPS) is 12.1. The molecule has 0 radical (unpaired) electrons. The lowest BCUT2D eigenvalue weighted by Crippen LogP contribution is -2.30. The van der Waals surface area contributed by atoms with Crippen molar-refractivity contribution < 1.29 is 19.4 Å². The number of rotatable bonds is 10. The van der Waals surface area contributed by atoms with Gasteiger partial charge in [-0.25, -0.2) is 9.59 Å². The van der Waals surface area contributed by atoms with Crippen molar-refractivity contribution in [2.75, 3.05) is 27.2 Å². The molecule has 1 unspecified atom stereocenters. The minimum atomic E-state index is -0.943.